The number of rotatable bonds is 13. The standard InChI is InChI=1S/C38H39N3O7S2/c1-4-48-38(45)33-28-18-9-6-10-20-31(28)50-37(33)41-32(42)23-49-27-17-12-16-26(22-27)39-36(44)29(40-35(43)24-13-7-5-8-14-24)21-25-15-11-19-30(46-2)34(25)47-3/h5,7-8,11-17,19,21-22H,4,6,9-10,18,20,23H2,1-3H3,(H,39,44)(H,40,43)(H,41,42)/b29-21+. The molecule has 0 unspecified atom stereocenters. The molecule has 0 atom stereocenters. The van der Waals surface area contributed by atoms with E-state index in [2.05, 4.69) is 16.0 Å². The van der Waals surface area contributed by atoms with Crippen molar-refractivity contribution in [2.45, 2.75) is 43.9 Å². The fourth-order valence-electron chi connectivity index (χ4n) is 5.55. The maximum Gasteiger partial charge on any atom is 0.341 e. The number of amides is 3. The first kappa shape index (κ1) is 36.2. The second-order valence-electron chi connectivity index (χ2n) is 11.3. The third-order valence-corrected chi connectivity index (χ3v) is 10.1. The first-order valence-electron chi connectivity index (χ1n) is 16.3. The average Bonchev–Trinajstić information content (AvgIpc) is 3.30. The van der Waals surface area contributed by atoms with Gasteiger partial charge in [0.05, 0.1) is 32.1 Å². The number of carbonyl (C=O) groups is 4. The number of anilines is 2. The normalized spacial score (nSPS) is 12.6. The van der Waals surface area contributed by atoms with E-state index in [1.54, 1.807) is 73.7 Å². The average molecular weight is 714 g/mol. The number of hydrogen-bond donors (Lipinski definition) is 3. The van der Waals surface area contributed by atoms with Gasteiger partial charge in [-0.1, -0.05) is 42.8 Å². The Morgan fingerprint density at radius 1 is 0.880 bits per heavy atom. The Kier molecular flexibility index (Phi) is 12.7. The molecule has 1 heterocycles. The number of methoxy groups -OCH3 is 2. The molecule has 1 aromatic heterocycles. The Bertz CT molecular complexity index is 1890. The minimum Gasteiger partial charge on any atom is -0.493 e. The maximum atomic E-state index is 13.7. The number of para-hydroxylation sites is 1. The van der Waals surface area contributed by atoms with Crippen molar-refractivity contribution in [3.8, 4) is 11.5 Å². The zero-order chi connectivity index (χ0) is 35.5. The molecule has 0 saturated carbocycles. The molecule has 12 heteroatoms. The molecular weight excluding hydrogens is 675 g/mol. The van der Waals surface area contributed by atoms with Gasteiger partial charge >= 0.3 is 5.97 Å². The summed E-state index contributed by atoms with van der Waals surface area (Å²) in [5, 5.41) is 9.08. The van der Waals surface area contributed by atoms with E-state index in [0.717, 1.165) is 47.4 Å². The van der Waals surface area contributed by atoms with Gasteiger partial charge in [-0.25, -0.2) is 4.79 Å². The summed E-state index contributed by atoms with van der Waals surface area (Å²) in [5.41, 5.74) is 2.82. The quantitative estimate of drug-likeness (QED) is 0.0567. The summed E-state index contributed by atoms with van der Waals surface area (Å²) in [7, 11) is 3.01. The smallest absolute Gasteiger partial charge is 0.341 e. The third kappa shape index (κ3) is 9.13. The molecule has 1 aliphatic rings. The van der Waals surface area contributed by atoms with Crippen LogP contribution < -0.4 is 25.4 Å². The maximum absolute atomic E-state index is 13.7. The highest BCUT2D eigenvalue weighted by atomic mass is 32.2. The van der Waals surface area contributed by atoms with Crippen LogP contribution in [0.15, 0.2) is 83.4 Å². The van der Waals surface area contributed by atoms with E-state index in [1.807, 2.05) is 6.07 Å². The lowest BCUT2D eigenvalue weighted by molar-refractivity contribution is -0.114. The molecule has 3 aromatic carbocycles. The Hall–Kier alpha value is -5.07. The van der Waals surface area contributed by atoms with E-state index >= 15 is 0 Å². The van der Waals surface area contributed by atoms with Crippen molar-refractivity contribution in [1.82, 2.24) is 5.32 Å². The molecular formula is C38H39N3O7S2. The van der Waals surface area contributed by atoms with Gasteiger partial charge in [-0.05, 0) is 80.6 Å². The van der Waals surface area contributed by atoms with Crippen molar-refractivity contribution >= 4 is 63.6 Å². The lowest BCUT2D eigenvalue weighted by Crippen LogP contribution is -2.30. The predicted molar refractivity (Wildman–Crippen MR) is 197 cm³/mol. The second kappa shape index (κ2) is 17.5. The van der Waals surface area contributed by atoms with Gasteiger partial charge in [-0.2, -0.15) is 0 Å². The van der Waals surface area contributed by atoms with E-state index in [0.29, 0.717) is 38.9 Å². The van der Waals surface area contributed by atoms with Gasteiger partial charge in [0.2, 0.25) is 5.91 Å². The zero-order valence-corrected chi connectivity index (χ0v) is 29.8. The lowest BCUT2D eigenvalue weighted by Gasteiger charge is -2.14. The van der Waals surface area contributed by atoms with Crippen molar-refractivity contribution in [2.75, 3.05) is 37.2 Å². The number of thiophene rings is 1. The van der Waals surface area contributed by atoms with Gasteiger partial charge in [0, 0.05) is 26.6 Å². The molecule has 3 amide bonds. The molecule has 5 rings (SSSR count). The summed E-state index contributed by atoms with van der Waals surface area (Å²) in [6, 6.07) is 20.9. The van der Waals surface area contributed by atoms with Gasteiger partial charge in [0.15, 0.2) is 11.5 Å². The number of benzene rings is 3. The van der Waals surface area contributed by atoms with Gasteiger partial charge in [0.25, 0.3) is 11.8 Å². The minimum atomic E-state index is -0.567. The molecule has 0 radical (unpaired) electrons. The summed E-state index contributed by atoms with van der Waals surface area (Å²) >= 11 is 2.75. The molecule has 260 valence electrons. The largest absolute Gasteiger partial charge is 0.493 e. The summed E-state index contributed by atoms with van der Waals surface area (Å²) in [4.78, 5) is 54.7. The Morgan fingerprint density at radius 3 is 2.42 bits per heavy atom. The monoisotopic (exact) mass is 713 g/mol. The Labute approximate surface area is 299 Å². The number of carbonyl (C=O) groups excluding carboxylic acids is 4. The summed E-state index contributed by atoms with van der Waals surface area (Å²) < 4.78 is 16.3. The fourth-order valence-corrected chi connectivity index (χ4v) is 7.60. The predicted octanol–water partition coefficient (Wildman–Crippen LogP) is 7.35. The van der Waals surface area contributed by atoms with Crippen LogP contribution in [0.3, 0.4) is 0 Å². The third-order valence-electron chi connectivity index (χ3n) is 7.88. The Morgan fingerprint density at radius 2 is 1.66 bits per heavy atom. The van der Waals surface area contributed by atoms with Gasteiger partial charge in [-0.3, -0.25) is 14.4 Å². The molecule has 0 fully saturated rings. The van der Waals surface area contributed by atoms with Crippen molar-refractivity contribution < 1.29 is 33.4 Å². The van der Waals surface area contributed by atoms with Gasteiger partial charge in [-0.15, -0.1) is 23.1 Å². The number of ether oxygens (including phenoxy) is 3. The minimum absolute atomic E-state index is 0.0189. The summed E-state index contributed by atoms with van der Waals surface area (Å²) in [5.74, 6) is -0.741. The van der Waals surface area contributed by atoms with E-state index in [9.17, 15) is 19.2 Å². The van der Waals surface area contributed by atoms with Crippen LogP contribution in [0.1, 0.15) is 62.9 Å². The van der Waals surface area contributed by atoms with Crippen LogP contribution in [0, 0.1) is 0 Å². The van der Waals surface area contributed by atoms with Crippen molar-refractivity contribution in [3.63, 3.8) is 0 Å². The van der Waals surface area contributed by atoms with Crippen LogP contribution in [0.4, 0.5) is 10.7 Å². The highest BCUT2D eigenvalue weighted by Crippen LogP contribution is 2.38. The molecule has 50 heavy (non-hydrogen) atoms. The van der Waals surface area contributed by atoms with Crippen molar-refractivity contribution in [1.29, 1.82) is 0 Å². The molecule has 3 N–H and O–H groups in total. The van der Waals surface area contributed by atoms with Crippen molar-refractivity contribution in [3.05, 3.63) is 106 Å². The van der Waals surface area contributed by atoms with Crippen LogP contribution >= 0.6 is 23.1 Å². The number of esters is 1. The van der Waals surface area contributed by atoms with E-state index in [1.165, 1.54) is 43.4 Å². The van der Waals surface area contributed by atoms with Crippen LogP contribution in [0.25, 0.3) is 6.08 Å². The first-order chi connectivity index (χ1) is 24.3. The molecule has 0 saturated heterocycles. The van der Waals surface area contributed by atoms with E-state index in [4.69, 9.17) is 14.2 Å². The molecule has 0 bridgehead atoms. The second-order valence-corrected chi connectivity index (χ2v) is 13.4. The van der Waals surface area contributed by atoms with Crippen molar-refractivity contribution in [2.24, 2.45) is 0 Å². The van der Waals surface area contributed by atoms with Gasteiger partial charge in [0.1, 0.15) is 10.7 Å². The fraction of sp³-hybridized carbons (Fsp3) is 0.263. The van der Waals surface area contributed by atoms with Crippen LogP contribution in [0.2, 0.25) is 0 Å². The van der Waals surface area contributed by atoms with Crippen LogP contribution in [-0.4, -0.2) is 50.3 Å². The first-order valence-corrected chi connectivity index (χ1v) is 18.1. The number of hydrogen-bond acceptors (Lipinski definition) is 9. The van der Waals surface area contributed by atoms with E-state index in [-0.39, 0.29) is 24.0 Å². The lowest BCUT2D eigenvalue weighted by atomic mass is 10.1. The molecule has 4 aromatic rings. The highest BCUT2D eigenvalue weighted by molar-refractivity contribution is 8.00. The topological polar surface area (TPSA) is 132 Å². The number of nitrogens with one attached hydrogen (secondary N) is 3. The Balaban J connectivity index is 1.30. The SMILES string of the molecule is CCOC(=O)c1c(NC(=O)CSc2cccc(NC(=O)/C(=C\c3cccc(OC)c3OC)NC(=O)c3ccccc3)c2)sc2c1CCCCC2. The highest BCUT2D eigenvalue weighted by Gasteiger charge is 2.26. The molecule has 10 nitrogen and oxygen atoms in total. The number of fused-ring (bicyclic) bond motifs is 1. The molecule has 0 aliphatic heterocycles. The summed E-state index contributed by atoms with van der Waals surface area (Å²) in [6.45, 7) is 2.02. The zero-order valence-electron chi connectivity index (χ0n) is 28.1. The van der Waals surface area contributed by atoms with Crippen LogP contribution in [0.5, 0.6) is 11.5 Å². The molecule has 0 spiro atoms. The van der Waals surface area contributed by atoms with Gasteiger partial charge < -0.3 is 30.2 Å². The van der Waals surface area contributed by atoms with Crippen LogP contribution in [-0.2, 0) is 27.2 Å². The number of aryl methyl sites for hydroxylation is 1. The molecule has 1 aliphatic carbocycles. The summed E-state index contributed by atoms with van der Waals surface area (Å²) in [6.07, 6.45) is 6.36. The van der Waals surface area contributed by atoms with E-state index < -0.39 is 17.8 Å². The number of thioether (sulfide) groups is 1.